The summed E-state index contributed by atoms with van der Waals surface area (Å²) in [5.74, 6) is 0.557. The third kappa shape index (κ3) is 3.23. The highest BCUT2D eigenvalue weighted by Crippen LogP contribution is 2.21. The van der Waals surface area contributed by atoms with Crippen LogP contribution in [0.1, 0.15) is 32.1 Å². The first-order valence-corrected chi connectivity index (χ1v) is 7.76. The van der Waals surface area contributed by atoms with Gasteiger partial charge >= 0.3 is 0 Å². The molecule has 0 bridgehead atoms. The maximum absolute atomic E-state index is 12.2. The number of methoxy groups -OCH3 is 1. The molecule has 0 heterocycles. The Morgan fingerprint density at radius 1 is 1.22 bits per heavy atom. The van der Waals surface area contributed by atoms with Crippen LogP contribution in [0.5, 0.6) is 5.75 Å². The fraction of sp³-hybridized carbons (Fsp3) is 0.538. The van der Waals surface area contributed by atoms with Crippen molar-refractivity contribution in [2.24, 2.45) is 0 Å². The van der Waals surface area contributed by atoms with Crippen LogP contribution in [-0.2, 0) is 10.0 Å². The first kappa shape index (κ1) is 13.4. The lowest BCUT2D eigenvalue weighted by atomic mass is 9.96. The van der Waals surface area contributed by atoms with E-state index >= 15 is 0 Å². The molecule has 0 radical (unpaired) electrons. The number of hydrogen-bond donors (Lipinski definition) is 1. The zero-order valence-corrected chi connectivity index (χ0v) is 11.4. The average molecular weight is 269 g/mol. The summed E-state index contributed by atoms with van der Waals surface area (Å²) in [5, 5.41) is 0. The molecule has 1 aromatic carbocycles. The summed E-state index contributed by atoms with van der Waals surface area (Å²) in [4.78, 5) is 0.271. The number of sulfonamides is 1. The molecule has 0 unspecified atom stereocenters. The van der Waals surface area contributed by atoms with Gasteiger partial charge in [0, 0.05) is 12.1 Å². The standard InChI is InChI=1S/C13H19NO3S/c1-17-12-8-5-9-13(10-12)18(15,16)14-11-6-3-2-4-7-11/h5,8-11,14H,2-4,6-7H2,1H3. The molecule has 1 saturated carbocycles. The monoisotopic (exact) mass is 269 g/mol. The minimum Gasteiger partial charge on any atom is -0.497 e. The molecular weight excluding hydrogens is 250 g/mol. The Bertz CT molecular complexity index is 493. The van der Waals surface area contributed by atoms with Gasteiger partial charge in [-0.1, -0.05) is 25.3 Å². The Hall–Kier alpha value is -1.07. The molecule has 1 aliphatic rings. The molecule has 2 rings (SSSR count). The van der Waals surface area contributed by atoms with Gasteiger partial charge in [0.15, 0.2) is 0 Å². The van der Waals surface area contributed by atoms with E-state index in [1.165, 1.54) is 13.5 Å². The fourth-order valence-electron chi connectivity index (χ4n) is 2.28. The maximum atomic E-state index is 12.2. The van der Waals surface area contributed by atoms with E-state index in [1.807, 2.05) is 0 Å². The molecule has 18 heavy (non-hydrogen) atoms. The number of hydrogen-bond acceptors (Lipinski definition) is 3. The molecule has 1 N–H and O–H groups in total. The molecule has 0 spiro atoms. The largest absolute Gasteiger partial charge is 0.497 e. The van der Waals surface area contributed by atoms with Gasteiger partial charge in [0.05, 0.1) is 12.0 Å². The van der Waals surface area contributed by atoms with Gasteiger partial charge < -0.3 is 4.74 Å². The first-order valence-electron chi connectivity index (χ1n) is 6.28. The summed E-state index contributed by atoms with van der Waals surface area (Å²) in [6.07, 6.45) is 5.28. The van der Waals surface area contributed by atoms with E-state index in [2.05, 4.69) is 4.72 Å². The Morgan fingerprint density at radius 3 is 2.61 bits per heavy atom. The lowest BCUT2D eigenvalue weighted by Crippen LogP contribution is -2.36. The van der Waals surface area contributed by atoms with Crippen molar-refractivity contribution in [3.63, 3.8) is 0 Å². The molecule has 4 nitrogen and oxygen atoms in total. The second-order valence-electron chi connectivity index (χ2n) is 4.64. The van der Waals surface area contributed by atoms with Crippen molar-refractivity contribution in [1.82, 2.24) is 4.72 Å². The van der Waals surface area contributed by atoms with Crippen molar-refractivity contribution in [2.45, 2.75) is 43.0 Å². The lowest BCUT2D eigenvalue weighted by molar-refractivity contribution is 0.409. The molecular formula is C13H19NO3S. The van der Waals surface area contributed by atoms with Crippen LogP contribution in [0.25, 0.3) is 0 Å². The highest BCUT2D eigenvalue weighted by molar-refractivity contribution is 7.89. The van der Waals surface area contributed by atoms with Crippen LogP contribution < -0.4 is 9.46 Å². The number of ether oxygens (including phenoxy) is 1. The quantitative estimate of drug-likeness (QED) is 0.912. The van der Waals surface area contributed by atoms with Gasteiger partial charge in [-0.05, 0) is 25.0 Å². The number of nitrogens with one attached hydrogen (secondary N) is 1. The first-order chi connectivity index (χ1) is 8.62. The summed E-state index contributed by atoms with van der Waals surface area (Å²) in [6.45, 7) is 0. The molecule has 5 heteroatoms. The van der Waals surface area contributed by atoms with Crippen molar-refractivity contribution in [3.8, 4) is 5.75 Å². The van der Waals surface area contributed by atoms with Crippen molar-refractivity contribution in [1.29, 1.82) is 0 Å². The van der Waals surface area contributed by atoms with Gasteiger partial charge in [0.25, 0.3) is 0 Å². The highest BCUT2D eigenvalue weighted by atomic mass is 32.2. The minimum atomic E-state index is -3.42. The second kappa shape index (κ2) is 5.71. The SMILES string of the molecule is COc1cccc(S(=O)(=O)NC2CCCCC2)c1. The number of rotatable bonds is 4. The van der Waals surface area contributed by atoms with Gasteiger partial charge in [-0.3, -0.25) is 0 Å². The van der Waals surface area contributed by atoms with Crippen LogP contribution in [0, 0.1) is 0 Å². The normalized spacial score (nSPS) is 17.6. The molecule has 0 aromatic heterocycles. The van der Waals surface area contributed by atoms with Crippen molar-refractivity contribution >= 4 is 10.0 Å². The van der Waals surface area contributed by atoms with Gasteiger partial charge in [0.1, 0.15) is 5.75 Å². The zero-order chi connectivity index (χ0) is 13.0. The van der Waals surface area contributed by atoms with Crippen LogP contribution in [0.2, 0.25) is 0 Å². The molecule has 100 valence electrons. The summed E-state index contributed by atoms with van der Waals surface area (Å²) in [5.41, 5.74) is 0. The van der Waals surface area contributed by atoms with Gasteiger partial charge in [-0.25, -0.2) is 13.1 Å². The van der Waals surface area contributed by atoms with E-state index in [-0.39, 0.29) is 10.9 Å². The molecule has 1 aromatic rings. The van der Waals surface area contributed by atoms with Gasteiger partial charge in [-0.15, -0.1) is 0 Å². The molecule has 0 amide bonds. The lowest BCUT2D eigenvalue weighted by Gasteiger charge is -2.22. The third-order valence-corrected chi connectivity index (χ3v) is 4.80. The molecule has 0 saturated heterocycles. The molecule has 1 aliphatic carbocycles. The van der Waals surface area contributed by atoms with E-state index in [4.69, 9.17) is 4.74 Å². The summed E-state index contributed by atoms with van der Waals surface area (Å²) in [7, 11) is -1.89. The van der Waals surface area contributed by atoms with E-state index in [9.17, 15) is 8.42 Å². The van der Waals surface area contributed by atoms with Crippen LogP contribution in [0.4, 0.5) is 0 Å². The number of benzene rings is 1. The van der Waals surface area contributed by atoms with Crippen molar-refractivity contribution in [3.05, 3.63) is 24.3 Å². The van der Waals surface area contributed by atoms with Crippen molar-refractivity contribution < 1.29 is 13.2 Å². The predicted octanol–water partition coefficient (Wildman–Crippen LogP) is 2.31. The second-order valence-corrected chi connectivity index (χ2v) is 6.35. The fourth-order valence-corrected chi connectivity index (χ4v) is 3.62. The summed E-state index contributed by atoms with van der Waals surface area (Å²) in [6, 6.07) is 6.64. The van der Waals surface area contributed by atoms with E-state index in [1.54, 1.807) is 24.3 Å². The predicted molar refractivity (Wildman–Crippen MR) is 70.2 cm³/mol. The topological polar surface area (TPSA) is 55.4 Å². The van der Waals surface area contributed by atoms with Crippen LogP contribution >= 0.6 is 0 Å². The summed E-state index contributed by atoms with van der Waals surface area (Å²) < 4.78 is 32.2. The van der Waals surface area contributed by atoms with E-state index in [0.29, 0.717) is 5.75 Å². The molecule has 1 fully saturated rings. The minimum absolute atomic E-state index is 0.0787. The Kier molecular flexibility index (Phi) is 4.24. The van der Waals surface area contributed by atoms with Crippen molar-refractivity contribution in [2.75, 3.05) is 7.11 Å². The Balaban J connectivity index is 2.13. The van der Waals surface area contributed by atoms with E-state index < -0.39 is 10.0 Å². The van der Waals surface area contributed by atoms with Gasteiger partial charge in [-0.2, -0.15) is 0 Å². The van der Waals surface area contributed by atoms with Gasteiger partial charge in [0.2, 0.25) is 10.0 Å². The summed E-state index contributed by atoms with van der Waals surface area (Å²) >= 11 is 0. The van der Waals surface area contributed by atoms with Crippen LogP contribution in [-0.4, -0.2) is 21.6 Å². The third-order valence-electron chi connectivity index (χ3n) is 3.28. The zero-order valence-electron chi connectivity index (χ0n) is 10.6. The van der Waals surface area contributed by atoms with Crippen LogP contribution in [0.3, 0.4) is 0 Å². The smallest absolute Gasteiger partial charge is 0.240 e. The molecule has 0 aliphatic heterocycles. The van der Waals surface area contributed by atoms with Crippen LogP contribution in [0.15, 0.2) is 29.2 Å². The average Bonchev–Trinajstić information content (AvgIpc) is 2.39. The Morgan fingerprint density at radius 2 is 1.94 bits per heavy atom. The highest BCUT2D eigenvalue weighted by Gasteiger charge is 2.21. The van der Waals surface area contributed by atoms with E-state index in [0.717, 1.165) is 25.7 Å². The maximum Gasteiger partial charge on any atom is 0.240 e. The Labute approximate surface area is 108 Å². The molecule has 0 atom stereocenters.